The second kappa shape index (κ2) is 9.54. The summed E-state index contributed by atoms with van der Waals surface area (Å²) >= 11 is 6.58. The molecule has 7 heteroatoms. The SMILES string of the molecule is COc1cc(C=C2SC(=S)N(c3ccc(F)cc3)C2=O)ccc1OC(C)c1ccccc1. The van der Waals surface area contributed by atoms with Gasteiger partial charge in [0.05, 0.1) is 17.7 Å². The van der Waals surface area contributed by atoms with Crippen LogP contribution in [0.25, 0.3) is 6.08 Å². The summed E-state index contributed by atoms with van der Waals surface area (Å²) in [6, 6.07) is 21.1. The molecule has 1 unspecified atom stereocenters. The highest BCUT2D eigenvalue weighted by Gasteiger charge is 2.33. The van der Waals surface area contributed by atoms with Gasteiger partial charge in [0.25, 0.3) is 5.91 Å². The van der Waals surface area contributed by atoms with Crippen molar-refractivity contribution >= 4 is 46.0 Å². The third kappa shape index (κ3) is 4.69. The number of ether oxygens (including phenoxy) is 2. The first-order chi connectivity index (χ1) is 15.5. The summed E-state index contributed by atoms with van der Waals surface area (Å²) in [5.41, 5.74) is 2.37. The molecule has 4 nitrogen and oxygen atoms in total. The van der Waals surface area contributed by atoms with E-state index in [0.717, 1.165) is 11.1 Å². The smallest absolute Gasteiger partial charge is 0.270 e. The van der Waals surface area contributed by atoms with E-state index in [1.807, 2.05) is 55.5 Å². The fraction of sp³-hybridized carbons (Fsp3) is 0.120. The Balaban J connectivity index is 1.56. The molecule has 3 aromatic rings. The van der Waals surface area contributed by atoms with Crippen molar-refractivity contribution in [3.63, 3.8) is 0 Å². The zero-order chi connectivity index (χ0) is 22.7. The second-order valence-corrected chi connectivity index (χ2v) is 8.75. The van der Waals surface area contributed by atoms with Crippen LogP contribution in [-0.4, -0.2) is 17.3 Å². The van der Waals surface area contributed by atoms with Gasteiger partial charge >= 0.3 is 0 Å². The quantitative estimate of drug-likeness (QED) is 0.312. The van der Waals surface area contributed by atoms with Crippen molar-refractivity contribution in [1.82, 2.24) is 0 Å². The summed E-state index contributed by atoms with van der Waals surface area (Å²) in [4.78, 5) is 14.8. The predicted molar refractivity (Wildman–Crippen MR) is 131 cm³/mol. The van der Waals surface area contributed by atoms with E-state index in [4.69, 9.17) is 21.7 Å². The van der Waals surface area contributed by atoms with Gasteiger partial charge in [-0.25, -0.2) is 4.39 Å². The molecule has 0 saturated carbocycles. The van der Waals surface area contributed by atoms with Crippen molar-refractivity contribution in [2.75, 3.05) is 12.0 Å². The van der Waals surface area contributed by atoms with Crippen LogP contribution in [0.3, 0.4) is 0 Å². The van der Waals surface area contributed by atoms with Crippen LogP contribution >= 0.6 is 24.0 Å². The lowest BCUT2D eigenvalue weighted by Crippen LogP contribution is -2.27. The summed E-state index contributed by atoms with van der Waals surface area (Å²) in [6.45, 7) is 1.98. The fourth-order valence-corrected chi connectivity index (χ4v) is 4.58. The lowest BCUT2D eigenvalue weighted by molar-refractivity contribution is -0.113. The lowest BCUT2D eigenvalue weighted by Gasteiger charge is -2.17. The molecule has 3 aromatic carbocycles. The van der Waals surface area contributed by atoms with Crippen LogP contribution in [0, 0.1) is 5.82 Å². The van der Waals surface area contributed by atoms with Crippen molar-refractivity contribution in [2.24, 2.45) is 0 Å². The molecule has 32 heavy (non-hydrogen) atoms. The summed E-state index contributed by atoms with van der Waals surface area (Å²) in [5, 5.41) is 0. The standard InChI is InChI=1S/C25H20FNO3S2/c1-16(18-6-4-3-5-7-18)30-21-13-8-17(14-22(21)29-2)15-23-24(28)27(25(31)32-23)20-11-9-19(26)10-12-20/h3-16H,1-2H3. The van der Waals surface area contributed by atoms with Crippen LogP contribution in [0.5, 0.6) is 11.5 Å². The van der Waals surface area contributed by atoms with E-state index < -0.39 is 0 Å². The molecule has 0 bridgehead atoms. The largest absolute Gasteiger partial charge is 0.493 e. The first-order valence-corrected chi connectivity index (χ1v) is 11.1. The zero-order valence-corrected chi connectivity index (χ0v) is 19.1. The third-order valence-electron chi connectivity index (χ3n) is 4.94. The Bertz CT molecular complexity index is 1180. The van der Waals surface area contributed by atoms with Crippen LogP contribution in [-0.2, 0) is 4.79 Å². The van der Waals surface area contributed by atoms with Crippen LogP contribution in [0.15, 0.2) is 77.7 Å². The van der Waals surface area contributed by atoms with Gasteiger partial charge in [0.2, 0.25) is 0 Å². The van der Waals surface area contributed by atoms with E-state index in [9.17, 15) is 9.18 Å². The zero-order valence-electron chi connectivity index (χ0n) is 17.4. The predicted octanol–water partition coefficient (Wildman–Crippen LogP) is 6.38. The highest BCUT2D eigenvalue weighted by molar-refractivity contribution is 8.27. The molecule has 1 atom stereocenters. The number of halogens is 1. The maximum atomic E-state index is 13.2. The van der Waals surface area contributed by atoms with E-state index in [2.05, 4.69) is 0 Å². The van der Waals surface area contributed by atoms with Gasteiger partial charge in [-0.1, -0.05) is 60.4 Å². The molecule has 1 fully saturated rings. The maximum absolute atomic E-state index is 13.2. The Morgan fingerprint density at radius 1 is 1.03 bits per heavy atom. The van der Waals surface area contributed by atoms with Gasteiger partial charge in [-0.2, -0.15) is 0 Å². The molecule has 1 saturated heterocycles. The van der Waals surface area contributed by atoms with E-state index >= 15 is 0 Å². The van der Waals surface area contributed by atoms with Crippen molar-refractivity contribution < 1.29 is 18.7 Å². The number of anilines is 1. The molecule has 1 aliphatic heterocycles. The van der Waals surface area contributed by atoms with Crippen molar-refractivity contribution in [1.29, 1.82) is 0 Å². The van der Waals surface area contributed by atoms with Crippen LogP contribution in [0.4, 0.5) is 10.1 Å². The number of hydrogen-bond acceptors (Lipinski definition) is 5. The number of methoxy groups -OCH3 is 1. The highest BCUT2D eigenvalue weighted by Crippen LogP contribution is 2.38. The molecule has 4 rings (SSSR count). The van der Waals surface area contributed by atoms with E-state index in [0.29, 0.717) is 26.4 Å². The van der Waals surface area contributed by atoms with Crippen LogP contribution in [0.1, 0.15) is 24.2 Å². The number of carbonyl (C=O) groups excluding carboxylic acids is 1. The molecule has 0 N–H and O–H groups in total. The fourth-order valence-electron chi connectivity index (χ4n) is 3.29. The summed E-state index contributed by atoms with van der Waals surface area (Å²) in [7, 11) is 1.58. The number of thioether (sulfide) groups is 1. The molecule has 1 aliphatic rings. The number of carbonyl (C=O) groups is 1. The van der Waals surface area contributed by atoms with Gasteiger partial charge in [-0.3, -0.25) is 9.69 Å². The van der Waals surface area contributed by atoms with Gasteiger partial charge in [0, 0.05) is 0 Å². The number of rotatable bonds is 6. The second-order valence-electron chi connectivity index (χ2n) is 7.07. The molecule has 1 heterocycles. The Labute approximate surface area is 195 Å². The molecule has 0 spiro atoms. The van der Waals surface area contributed by atoms with Gasteiger partial charge < -0.3 is 9.47 Å². The molecule has 0 radical (unpaired) electrons. The average Bonchev–Trinajstić information content (AvgIpc) is 3.08. The minimum Gasteiger partial charge on any atom is -0.493 e. The summed E-state index contributed by atoms with van der Waals surface area (Å²) in [5.74, 6) is 0.560. The first kappa shape index (κ1) is 22.0. The lowest BCUT2D eigenvalue weighted by atomic mass is 10.1. The molecule has 0 aliphatic carbocycles. The molecule has 1 amide bonds. The summed E-state index contributed by atoms with van der Waals surface area (Å²) in [6.07, 6.45) is 1.61. The molecular weight excluding hydrogens is 445 g/mol. The van der Waals surface area contributed by atoms with E-state index in [1.54, 1.807) is 13.2 Å². The number of nitrogens with zero attached hydrogens (tertiary/aromatic N) is 1. The number of amides is 1. The van der Waals surface area contributed by atoms with E-state index in [1.165, 1.54) is 40.9 Å². The monoisotopic (exact) mass is 465 g/mol. The third-order valence-corrected chi connectivity index (χ3v) is 6.24. The number of thiocarbonyl (C=S) groups is 1. The molecule has 162 valence electrons. The Kier molecular flexibility index (Phi) is 6.58. The highest BCUT2D eigenvalue weighted by atomic mass is 32.2. The maximum Gasteiger partial charge on any atom is 0.270 e. The van der Waals surface area contributed by atoms with Crippen LogP contribution in [0.2, 0.25) is 0 Å². The van der Waals surface area contributed by atoms with E-state index in [-0.39, 0.29) is 17.8 Å². The minimum atomic E-state index is -0.370. The van der Waals surface area contributed by atoms with Gasteiger partial charge in [-0.05, 0) is 60.5 Å². The Hall–Kier alpha value is -3.16. The number of hydrogen-bond donors (Lipinski definition) is 0. The normalized spacial score (nSPS) is 15.8. The molecular formula is C25H20FNO3S2. The Morgan fingerprint density at radius 2 is 1.75 bits per heavy atom. The first-order valence-electron chi connectivity index (χ1n) is 9.89. The van der Waals surface area contributed by atoms with Gasteiger partial charge in [0.1, 0.15) is 11.9 Å². The Morgan fingerprint density at radius 3 is 2.44 bits per heavy atom. The minimum absolute atomic E-state index is 0.150. The van der Waals surface area contributed by atoms with Crippen molar-refractivity contribution in [3.8, 4) is 11.5 Å². The van der Waals surface area contributed by atoms with Crippen molar-refractivity contribution in [2.45, 2.75) is 13.0 Å². The molecule has 0 aromatic heterocycles. The number of benzene rings is 3. The average molecular weight is 466 g/mol. The van der Waals surface area contributed by atoms with Gasteiger partial charge in [-0.15, -0.1) is 0 Å². The topological polar surface area (TPSA) is 38.8 Å². The summed E-state index contributed by atoms with van der Waals surface area (Å²) < 4.78 is 25.2. The van der Waals surface area contributed by atoms with Gasteiger partial charge in [0.15, 0.2) is 15.8 Å². The van der Waals surface area contributed by atoms with Crippen molar-refractivity contribution in [3.05, 3.63) is 94.6 Å². The van der Waals surface area contributed by atoms with Crippen LogP contribution < -0.4 is 14.4 Å².